The summed E-state index contributed by atoms with van der Waals surface area (Å²) in [4.78, 5) is 42.6. The van der Waals surface area contributed by atoms with E-state index in [9.17, 15) is 19.5 Å². The molecule has 9 heteroatoms. The van der Waals surface area contributed by atoms with E-state index in [0.29, 0.717) is 37.8 Å². The lowest BCUT2D eigenvalue weighted by molar-refractivity contribution is -0.137. The molecule has 3 heterocycles. The van der Waals surface area contributed by atoms with Crippen molar-refractivity contribution >= 4 is 45.0 Å². The summed E-state index contributed by atoms with van der Waals surface area (Å²) in [6, 6.07) is 5.95. The van der Waals surface area contributed by atoms with Gasteiger partial charge in [-0.3, -0.25) is 19.0 Å². The average molecular weight is 432 g/mol. The van der Waals surface area contributed by atoms with Gasteiger partial charge in [-0.25, -0.2) is 4.98 Å². The number of fused-ring (bicyclic) bond motifs is 2. The number of carboxylic acids is 1. The Hall–Kier alpha value is -2.71. The molecule has 29 heavy (non-hydrogen) atoms. The third kappa shape index (κ3) is 3.65. The van der Waals surface area contributed by atoms with Crippen LogP contribution in [0.25, 0.3) is 10.2 Å². The van der Waals surface area contributed by atoms with Crippen LogP contribution in [0.2, 0.25) is 5.02 Å². The summed E-state index contributed by atoms with van der Waals surface area (Å²) in [7, 11) is 0. The number of carbonyl (C=O) groups is 2. The Balaban J connectivity index is 1.69. The van der Waals surface area contributed by atoms with Crippen LogP contribution in [0.1, 0.15) is 45.5 Å². The Kier molecular flexibility index (Phi) is 5.14. The quantitative estimate of drug-likeness (QED) is 0.645. The number of aromatic nitrogens is 2. The monoisotopic (exact) mass is 431 g/mol. The lowest BCUT2D eigenvalue weighted by atomic mass is 10.0. The summed E-state index contributed by atoms with van der Waals surface area (Å²) in [6.45, 7) is 2.37. The Morgan fingerprint density at radius 2 is 2.07 bits per heavy atom. The zero-order chi connectivity index (χ0) is 20.7. The molecule has 0 aliphatic carbocycles. The number of rotatable bonds is 5. The van der Waals surface area contributed by atoms with E-state index in [4.69, 9.17) is 11.6 Å². The second kappa shape index (κ2) is 7.61. The largest absolute Gasteiger partial charge is 0.481 e. The summed E-state index contributed by atoms with van der Waals surface area (Å²) < 4.78 is 1.67. The number of thiophene rings is 1. The van der Waals surface area contributed by atoms with Gasteiger partial charge in [-0.05, 0) is 36.6 Å². The predicted octanol–water partition coefficient (Wildman–Crippen LogP) is 3.31. The van der Waals surface area contributed by atoms with E-state index >= 15 is 0 Å². The molecular formula is C20H18ClN3O4S. The van der Waals surface area contributed by atoms with Crippen LogP contribution in [0.5, 0.6) is 0 Å². The van der Waals surface area contributed by atoms with E-state index in [1.807, 2.05) is 0 Å². The number of carbonyl (C=O) groups excluding carboxylic acids is 1. The van der Waals surface area contributed by atoms with Crippen molar-refractivity contribution in [3.63, 3.8) is 0 Å². The standard InChI is InChI=1S/C20H18ClN3O4S/c1-10-16-19(23-14-3-2-8-24(14)20(16)28)29-17(10)18(27)22-13(9-15(25)26)11-4-6-12(21)7-5-11/h4-7,13H,2-3,8-9H2,1H3,(H,22,27)(H,25,26). The van der Waals surface area contributed by atoms with E-state index in [2.05, 4.69) is 10.3 Å². The van der Waals surface area contributed by atoms with Crippen molar-refractivity contribution in [3.05, 3.63) is 61.5 Å². The van der Waals surface area contributed by atoms with Gasteiger partial charge in [-0.1, -0.05) is 23.7 Å². The molecule has 0 bridgehead atoms. The first-order valence-electron chi connectivity index (χ1n) is 9.16. The van der Waals surface area contributed by atoms with Crippen molar-refractivity contribution in [2.45, 2.75) is 38.8 Å². The van der Waals surface area contributed by atoms with Crippen LogP contribution >= 0.6 is 22.9 Å². The molecule has 1 aliphatic heterocycles. The molecule has 7 nitrogen and oxygen atoms in total. The van der Waals surface area contributed by atoms with Crippen molar-refractivity contribution in [2.75, 3.05) is 0 Å². The molecule has 0 radical (unpaired) electrons. The van der Waals surface area contributed by atoms with E-state index in [1.165, 1.54) is 11.3 Å². The normalized spacial score (nSPS) is 14.0. The maximum Gasteiger partial charge on any atom is 0.305 e. The maximum absolute atomic E-state index is 13.0. The fourth-order valence-corrected chi connectivity index (χ4v) is 4.86. The van der Waals surface area contributed by atoms with Gasteiger partial charge in [0.2, 0.25) is 0 Å². The molecule has 1 unspecified atom stereocenters. The zero-order valence-corrected chi connectivity index (χ0v) is 17.1. The SMILES string of the molecule is Cc1c(C(=O)NC(CC(=O)O)c2ccc(Cl)cc2)sc2nc3n(c(=O)c12)CCC3. The Labute approximate surface area is 175 Å². The molecule has 2 N–H and O–H groups in total. The fourth-order valence-electron chi connectivity index (χ4n) is 3.64. The van der Waals surface area contributed by atoms with Crippen LogP contribution < -0.4 is 10.9 Å². The van der Waals surface area contributed by atoms with Crippen molar-refractivity contribution in [1.29, 1.82) is 0 Å². The van der Waals surface area contributed by atoms with Gasteiger partial charge in [0, 0.05) is 18.0 Å². The number of hydrogen-bond donors (Lipinski definition) is 2. The van der Waals surface area contributed by atoms with Crippen molar-refractivity contribution < 1.29 is 14.7 Å². The molecule has 4 rings (SSSR count). The number of aliphatic carboxylic acids is 1. The smallest absolute Gasteiger partial charge is 0.305 e. The molecule has 0 saturated carbocycles. The molecule has 3 aromatic rings. The summed E-state index contributed by atoms with van der Waals surface area (Å²) >= 11 is 7.07. The first-order chi connectivity index (χ1) is 13.8. The molecule has 1 aromatic carbocycles. The molecule has 0 fully saturated rings. The van der Waals surface area contributed by atoms with E-state index in [0.717, 1.165) is 18.7 Å². The fraction of sp³-hybridized carbons (Fsp3) is 0.300. The summed E-state index contributed by atoms with van der Waals surface area (Å²) in [5, 5.41) is 13.0. The predicted molar refractivity (Wildman–Crippen MR) is 111 cm³/mol. The summed E-state index contributed by atoms with van der Waals surface area (Å²) in [5.74, 6) is -0.702. The number of carboxylic acid groups (broad SMARTS) is 1. The second-order valence-electron chi connectivity index (χ2n) is 7.00. The van der Waals surface area contributed by atoms with Crippen molar-refractivity contribution in [3.8, 4) is 0 Å². The molecule has 150 valence electrons. The van der Waals surface area contributed by atoms with E-state index in [-0.39, 0.29) is 12.0 Å². The van der Waals surface area contributed by atoms with Crippen LogP contribution in [0, 0.1) is 6.92 Å². The highest BCUT2D eigenvalue weighted by atomic mass is 35.5. The number of halogens is 1. The first kappa shape index (κ1) is 19.6. The maximum atomic E-state index is 13.0. The van der Waals surface area contributed by atoms with Gasteiger partial charge in [-0.2, -0.15) is 0 Å². The number of nitrogens with one attached hydrogen (secondary N) is 1. The molecule has 0 saturated heterocycles. The highest BCUT2D eigenvalue weighted by Gasteiger charge is 2.25. The minimum Gasteiger partial charge on any atom is -0.481 e. The molecule has 1 atom stereocenters. The van der Waals surface area contributed by atoms with Gasteiger partial charge in [0.1, 0.15) is 10.7 Å². The van der Waals surface area contributed by atoms with Gasteiger partial charge in [0.05, 0.1) is 22.7 Å². The minimum atomic E-state index is -1.03. The lowest BCUT2D eigenvalue weighted by Crippen LogP contribution is -2.30. The van der Waals surface area contributed by atoms with Gasteiger partial charge in [0.25, 0.3) is 11.5 Å². The summed E-state index contributed by atoms with van der Waals surface area (Å²) in [6.07, 6.45) is 1.37. The number of aryl methyl sites for hydroxylation is 2. The van der Waals surface area contributed by atoms with Crippen molar-refractivity contribution in [2.24, 2.45) is 0 Å². The third-order valence-corrected chi connectivity index (χ3v) is 6.51. The molecule has 0 spiro atoms. The van der Waals surface area contributed by atoms with Crippen molar-refractivity contribution in [1.82, 2.24) is 14.9 Å². The first-order valence-corrected chi connectivity index (χ1v) is 10.4. The highest BCUT2D eigenvalue weighted by Crippen LogP contribution is 2.29. The molecule has 2 aromatic heterocycles. The Morgan fingerprint density at radius 3 is 2.76 bits per heavy atom. The van der Waals surface area contributed by atoms with Gasteiger partial charge in [-0.15, -0.1) is 11.3 Å². The molecule has 1 amide bonds. The topological polar surface area (TPSA) is 101 Å². The van der Waals surface area contributed by atoms with Crippen LogP contribution in [-0.2, 0) is 17.8 Å². The van der Waals surface area contributed by atoms with Crippen LogP contribution in [-0.4, -0.2) is 26.5 Å². The lowest BCUT2D eigenvalue weighted by Gasteiger charge is -2.17. The number of hydrogen-bond acceptors (Lipinski definition) is 5. The average Bonchev–Trinajstić information content (AvgIpc) is 3.26. The summed E-state index contributed by atoms with van der Waals surface area (Å²) in [5.41, 5.74) is 1.10. The Morgan fingerprint density at radius 1 is 1.34 bits per heavy atom. The highest BCUT2D eigenvalue weighted by molar-refractivity contribution is 7.20. The van der Waals surface area contributed by atoms with E-state index in [1.54, 1.807) is 35.8 Å². The Bertz CT molecular complexity index is 1180. The zero-order valence-electron chi connectivity index (χ0n) is 15.6. The van der Waals surface area contributed by atoms with Gasteiger partial charge in [0.15, 0.2) is 0 Å². The molecule has 1 aliphatic rings. The third-order valence-electron chi connectivity index (χ3n) is 5.07. The van der Waals surface area contributed by atoms with Crippen LogP contribution in [0.4, 0.5) is 0 Å². The number of benzene rings is 1. The molecular weight excluding hydrogens is 414 g/mol. The number of nitrogens with zero attached hydrogens (tertiary/aromatic N) is 2. The van der Waals surface area contributed by atoms with Crippen LogP contribution in [0.15, 0.2) is 29.1 Å². The van der Waals surface area contributed by atoms with Crippen LogP contribution in [0.3, 0.4) is 0 Å². The van der Waals surface area contributed by atoms with Gasteiger partial charge < -0.3 is 10.4 Å². The minimum absolute atomic E-state index is 0.116. The van der Waals surface area contributed by atoms with Gasteiger partial charge >= 0.3 is 5.97 Å². The van der Waals surface area contributed by atoms with E-state index < -0.39 is 17.9 Å². The second-order valence-corrected chi connectivity index (χ2v) is 8.44. The number of amides is 1.